The number of nitrogens with one attached hydrogen (secondary N) is 1. The van der Waals surface area contributed by atoms with Gasteiger partial charge in [0, 0.05) is 24.6 Å². The van der Waals surface area contributed by atoms with E-state index in [1.54, 1.807) is 0 Å². The Labute approximate surface area is 122 Å². The van der Waals surface area contributed by atoms with Crippen LogP contribution in [-0.2, 0) is 13.0 Å². The van der Waals surface area contributed by atoms with Crippen LogP contribution in [0.3, 0.4) is 0 Å². The molecule has 0 fully saturated rings. The second-order valence-electron chi connectivity index (χ2n) is 4.70. The van der Waals surface area contributed by atoms with Crippen molar-refractivity contribution in [2.75, 3.05) is 7.05 Å². The maximum absolute atomic E-state index is 5.40. The zero-order valence-corrected chi connectivity index (χ0v) is 13.4. The highest BCUT2D eigenvalue weighted by Gasteiger charge is 2.19. The highest BCUT2D eigenvalue weighted by Crippen LogP contribution is 2.27. The Morgan fingerprint density at radius 3 is 2.74 bits per heavy atom. The van der Waals surface area contributed by atoms with Crippen molar-refractivity contribution >= 4 is 15.9 Å². The minimum Gasteiger partial charge on any atom is -0.469 e. The molecule has 0 bridgehead atoms. The molecule has 2 rings (SSSR count). The molecule has 104 valence electrons. The van der Waals surface area contributed by atoms with Crippen LogP contribution in [0.5, 0.6) is 0 Å². The van der Waals surface area contributed by atoms with E-state index in [0.717, 1.165) is 28.9 Å². The molecular formula is C14H20BrN3O. The largest absolute Gasteiger partial charge is 0.469 e. The monoisotopic (exact) mass is 325 g/mol. The van der Waals surface area contributed by atoms with Crippen LogP contribution in [0.15, 0.2) is 21.2 Å². The topological polar surface area (TPSA) is 43.0 Å². The summed E-state index contributed by atoms with van der Waals surface area (Å²) < 4.78 is 8.56. The first-order valence-corrected chi connectivity index (χ1v) is 7.30. The standard InChI is InChI=1S/C14H20BrN3O/c1-5-18-13(14(15)10(3)17-18)7-12(16-4)11-6-9(2)19-8-11/h6,8,12,16H,5,7H2,1-4H3. The zero-order chi connectivity index (χ0) is 14.0. The number of likely N-dealkylation sites (N-methyl/N-ethyl adjacent to an activating group) is 1. The summed E-state index contributed by atoms with van der Waals surface area (Å²) in [5.74, 6) is 0.939. The van der Waals surface area contributed by atoms with E-state index < -0.39 is 0 Å². The predicted molar refractivity (Wildman–Crippen MR) is 79.3 cm³/mol. The second kappa shape index (κ2) is 5.92. The summed E-state index contributed by atoms with van der Waals surface area (Å²) in [6.45, 7) is 6.98. The quantitative estimate of drug-likeness (QED) is 0.916. The number of halogens is 1. The molecule has 2 heterocycles. The fourth-order valence-electron chi connectivity index (χ4n) is 2.29. The van der Waals surface area contributed by atoms with E-state index in [4.69, 9.17) is 4.42 Å². The van der Waals surface area contributed by atoms with Crippen molar-refractivity contribution in [3.63, 3.8) is 0 Å². The van der Waals surface area contributed by atoms with Gasteiger partial charge in [0.1, 0.15) is 5.76 Å². The fraction of sp³-hybridized carbons (Fsp3) is 0.500. The van der Waals surface area contributed by atoms with Crippen molar-refractivity contribution < 1.29 is 4.42 Å². The Bertz CT molecular complexity index is 559. The van der Waals surface area contributed by atoms with Crippen LogP contribution in [0.1, 0.15) is 35.7 Å². The van der Waals surface area contributed by atoms with E-state index in [2.05, 4.69) is 44.0 Å². The first-order chi connectivity index (χ1) is 9.06. The van der Waals surface area contributed by atoms with Gasteiger partial charge in [-0.25, -0.2) is 0 Å². The van der Waals surface area contributed by atoms with Gasteiger partial charge in [-0.3, -0.25) is 4.68 Å². The highest BCUT2D eigenvalue weighted by atomic mass is 79.9. The fourth-order valence-corrected chi connectivity index (χ4v) is 2.74. The van der Waals surface area contributed by atoms with Crippen LogP contribution in [0.25, 0.3) is 0 Å². The van der Waals surface area contributed by atoms with Crippen molar-refractivity contribution in [1.82, 2.24) is 15.1 Å². The smallest absolute Gasteiger partial charge is 0.101 e. The minimum absolute atomic E-state index is 0.232. The van der Waals surface area contributed by atoms with Crippen molar-refractivity contribution in [1.29, 1.82) is 0 Å². The maximum Gasteiger partial charge on any atom is 0.101 e. The molecule has 0 saturated carbocycles. The zero-order valence-electron chi connectivity index (χ0n) is 11.8. The third-order valence-corrected chi connectivity index (χ3v) is 4.38. The number of nitrogens with zero attached hydrogens (tertiary/aromatic N) is 2. The number of aryl methyl sites for hydroxylation is 3. The first kappa shape index (κ1) is 14.3. The Balaban J connectivity index is 2.28. The van der Waals surface area contributed by atoms with Gasteiger partial charge in [-0.15, -0.1) is 0 Å². The van der Waals surface area contributed by atoms with Gasteiger partial charge >= 0.3 is 0 Å². The number of furan rings is 1. The Kier molecular flexibility index (Phi) is 4.47. The summed E-state index contributed by atoms with van der Waals surface area (Å²) in [4.78, 5) is 0. The minimum atomic E-state index is 0.232. The predicted octanol–water partition coefficient (Wildman–Crippen LogP) is 3.38. The molecular weight excluding hydrogens is 306 g/mol. The van der Waals surface area contributed by atoms with Crippen LogP contribution >= 0.6 is 15.9 Å². The van der Waals surface area contributed by atoms with Crippen LogP contribution < -0.4 is 5.32 Å². The van der Waals surface area contributed by atoms with E-state index in [-0.39, 0.29) is 6.04 Å². The second-order valence-corrected chi connectivity index (χ2v) is 5.49. The lowest BCUT2D eigenvalue weighted by molar-refractivity contribution is 0.511. The maximum atomic E-state index is 5.40. The Morgan fingerprint density at radius 1 is 1.47 bits per heavy atom. The first-order valence-electron chi connectivity index (χ1n) is 6.50. The molecule has 0 aromatic carbocycles. The molecule has 19 heavy (non-hydrogen) atoms. The van der Waals surface area contributed by atoms with Gasteiger partial charge in [0.2, 0.25) is 0 Å². The third-order valence-electron chi connectivity index (χ3n) is 3.35. The van der Waals surface area contributed by atoms with E-state index in [1.165, 1.54) is 11.3 Å². The van der Waals surface area contributed by atoms with Gasteiger partial charge in [0.05, 0.1) is 22.1 Å². The molecule has 0 radical (unpaired) electrons. The van der Waals surface area contributed by atoms with Crippen LogP contribution in [-0.4, -0.2) is 16.8 Å². The van der Waals surface area contributed by atoms with Gasteiger partial charge in [-0.05, 0) is 49.8 Å². The molecule has 0 saturated heterocycles. The summed E-state index contributed by atoms with van der Waals surface area (Å²) in [6, 6.07) is 2.31. The molecule has 0 amide bonds. The van der Waals surface area contributed by atoms with Crippen LogP contribution in [0.2, 0.25) is 0 Å². The van der Waals surface area contributed by atoms with Crippen molar-refractivity contribution in [2.45, 2.75) is 39.8 Å². The van der Waals surface area contributed by atoms with Crippen LogP contribution in [0, 0.1) is 13.8 Å². The molecule has 0 aliphatic heterocycles. The number of hydrogen-bond acceptors (Lipinski definition) is 3. The van der Waals surface area contributed by atoms with Crippen molar-refractivity contribution in [3.05, 3.63) is 39.5 Å². The van der Waals surface area contributed by atoms with E-state index in [1.807, 2.05) is 27.2 Å². The number of hydrogen-bond donors (Lipinski definition) is 1. The van der Waals surface area contributed by atoms with Gasteiger partial charge in [-0.2, -0.15) is 5.10 Å². The van der Waals surface area contributed by atoms with Gasteiger partial charge in [0.15, 0.2) is 0 Å². The lowest BCUT2D eigenvalue weighted by Gasteiger charge is -2.15. The van der Waals surface area contributed by atoms with E-state index in [0.29, 0.717) is 0 Å². The SMILES string of the molecule is CCn1nc(C)c(Br)c1CC(NC)c1coc(C)c1. The van der Waals surface area contributed by atoms with E-state index >= 15 is 0 Å². The van der Waals surface area contributed by atoms with E-state index in [9.17, 15) is 0 Å². The third kappa shape index (κ3) is 2.92. The molecule has 5 heteroatoms. The summed E-state index contributed by atoms with van der Waals surface area (Å²) in [6.07, 6.45) is 2.70. The van der Waals surface area contributed by atoms with Gasteiger partial charge < -0.3 is 9.73 Å². The summed E-state index contributed by atoms with van der Waals surface area (Å²) in [5, 5.41) is 7.88. The molecule has 1 atom stereocenters. The molecule has 2 aromatic rings. The number of aromatic nitrogens is 2. The summed E-state index contributed by atoms with van der Waals surface area (Å²) in [5.41, 5.74) is 3.43. The highest BCUT2D eigenvalue weighted by molar-refractivity contribution is 9.10. The molecule has 1 unspecified atom stereocenters. The Hall–Kier alpha value is -1.07. The molecule has 4 nitrogen and oxygen atoms in total. The average Bonchev–Trinajstić information content (AvgIpc) is 2.93. The molecule has 0 aliphatic carbocycles. The van der Waals surface area contributed by atoms with Crippen molar-refractivity contribution in [3.8, 4) is 0 Å². The molecule has 0 aliphatic rings. The lowest BCUT2D eigenvalue weighted by atomic mass is 10.0. The average molecular weight is 326 g/mol. The summed E-state index contributed by atoms with van der Waals surface area (Å²) >= 11 is 3.64. The Morgan fingerprint density at radius 2 is 2.21 bits per heavy atom. The van der Waals surface area contributed by atoms with Gasteiger partial charge in [-0.1, -0.05) is 0 Å². The lowest BCUT2D eigenvalue weighted by Crippen LogP contribution is -2.20. The molecule has 2 aromatic heterocycles. The summed E-state index contributed by atoms with van der Waals surface area (Å²) in [7, 11) is 1.97. The molecule has 0 spiro atoms. The normalized spacial score (nSPS) is 12.9. The van der Waals surface area contributed by atoms with Gasteiger partial charge in [0.25, 0.3) is 0 Å². The van der Waals surface area contributed by atoms with Crippen molar-refractivity contribution in [2.24, 2.45) is 0 Å². The molecule has 1 N–H and O–H groups in total. The van der Waals surface area contributed by atoms with Crippen LogP contribution in [0.4, 0.5) is 0 Å². The number of rotatable bonds is 5.